The van der Waals surface area contributed by atoms with Gasteiger partial charge < -0.3 is 11.1 Å². The number of hydrogen-bond acceptors (Lipinski definition) is 4. The van der Waals surface area contributed by atoms with Crippen LogP contribution in [0.2, 0.25) is 0 Å². The summed E-state index contributed by atoms with van der Waals surface area (Å²) in [6.45, 7) is 4.28. The molecule has 5 heteroatoms. The molecule has 0 amide bonds. The monoisotopic (exact) mass is 184 g/mol. The highest BCUT2D eigenvalue weighted by Gasteiger charge is 2.15. The summed E-state index contributed by atoms with van der Waals surface area (Å²) in [5, 5.41) is 2.98. The SMILES string of the molecule is CC(C)(CN)Nc1ncc(F)cn1. The molecule has 0 unspecified atom stereocenters. The van der Waals surface area contributed by atoms with Crippen molar-refractivity contribution >= 4 is 5.95 Å². The molecule has 4 nitrogen and oxygen atoms in total. The van der Waals surface area contributed by atoms with Gasteiger partial charge in [-0.2, -0.15) is 0 Å². The van der Waals surface area contributed by atoms with Crippen LogP contribution in [-0.2, 0) is 0 Å². The van der Waals surface area contributed by atoms with E-state index in [1.54, 1.807) is 0 Å². The number of rotatable bonds is 3. The number of anilines is 1. The van der Waals surface area contributed by atoms with Crippen molar-refractivity contribution in [3.63, 3.8) is 0 Å². The van der Waals surface area contributed by atoms with Crippen molar-refractivity contribution in [2.75, 3.05) is 11.9 Å². The lowest BCUT2D eigenvalue weighted by Gasteiger charge is -2.23. The lowest BCUT2D eigenvalue weighted by atomic mass is 10.1. The van der Waals surface area contributed by atoms with Gasteiger partial charge in [-0.05, 0) is 13.8 Å². The van der Waals surface area contributed by atoms with Crippen molar-refractivity contribution in [2.24, 2.45) is 5.73 Å². The molecule has 0 aliphatic carbocycles. The Labute approximate surface area is 76.4 Å². The van der Waals surface area contributed by atoms with Crippen molar-refractivity contribution < 1.29 is 4.39 Å². The second kappa shape index (κ2) is 3.66. The normalized spacial score (nSPS) is 11.4. The van der Waals surface area contributed by atoms with Crippen LogP contribution in [0.3, 0.4) is 0 Å². The van der Waals surface area contributed by atoms with Gasteiger partial charge in [-0.3, -0.25) is 0 Å². The third-order valence-corrected chi connectivity index (χ3v) is 1.58. The number of nitrogens with one attached hydrogen (secondary N) is 1. The van der Waals surface area contributed by atoms with Crippen LogP contribution in [0.5, 0.6) is 0 Å². The average molecular weight is 184 g/mol. The zero-order valence-electron chi connectivity index (χ0n) is 7.71. The molecule has 0 saturated heterocycles. The smallest absolute Gasteiger partial charge is 0.223 e. The summed E-state index contributed by atoms with van der Waals surface area (Å²) in [5.74, 6) is -0.0621. The van der Waals surface area contributed by atoms with Crippen LogP contribution in [0.15, 0.2) is 12.4 Å². The Morgan fingerprint density at radius 3 is 2.46 bits per heavy atom. The fourth-order valence-electron chi connectivity index (χ4n) is 0.731. The van der Waals surface area contributed by atoms with E-state index in [0.29, 0.717) is 12.5 Å². The number of hydrogen-bond donors (Lipinski definition) is 2. The molecule has 0 atom stereocenters. The molecular formula is C8H13FN4. The molecule has 3 N–H and O–H groups in total. The Balaban J connectivity index is 2.69. The molecule has 1 rings (SSSR count). The fourth-order valence-corrected chi connectivity index (χ4v) is 0.731. The van der Waals surface area contributed by atoms with Crippen molar-refractivity contribution in [3.8, 4) is 0 Å². The van der Waals surface area contributed by atoms with Gasteiger partial charge in [0.05, 0.1) is 12.4 Å². The van der Waals surface area contributed by atoms with E-state index in [1.807, 2.05) is 13.8 Å². The van der Waals surface area contributed by atoms with Crippen LogP contribution in [0.4, 0.5) is 10.3 Å². The van der Waals surface area contributed by atoms with Gasteiger partial charge in [0.25, 0.3) is 0 Å². The minimum Gasteiger partial charge on any atom is -0.348 e. The van der Waals surface area contributed by atoms with E-state index in [2.05, 4.69) is 15.3 Å². The van der Waals surface area contributed by atoms with Gasteiger partial charge in [-0.25, -0.2) is 14.4 Å². The van der Waals surface area contributed by atoms with Gasteiger partial charge in [0.2, 0.25) is 5.95 Å². The highest BCUT2D eigenvalue weighted by Crippen LogP contribution is 2.08. The summed E-state index contributed by atoms with van der Waals surface area (Å²) in [6.07, 6.45) is 2.23. The maximum absolute atomic E-state index is 12.4. The van der Waals surface area contributed by atoms with Crippen LogP contribution in [0.25, 0.3) is 0 Å². The first-order valence-electron chi connectivity index (χ1n) is 3.99. The summed E-state index contributed by atoms with van der Waals surface area (Å²) in [5.41, 5.74) is 5.21. The van der Waals surface area contributed by atoms with E-state index in [9.17, 15) is 4.39 Å². The van der Waals surface area contributed by atoms with Crippen LogP contribution >= 0.6 is 0 Å². The summed E-state index contributed by atoms with van der Waals surface area (Å²) in [4.78, 5) is 7.52. The number of nitrogens with two attached hydrogens (primary N) is 1. The minimum absolute atomic E-state index is 0.280. The second-order valence-corrected chi connectivity index (χ2v) is 3.44. The third kappa shape index (κ3) is 2.95. The molecule has 0 radical (unpaired) electrons. The van der Waals surface area contributed by atoms with Crippen LogP contribution < -0.4 is 11.1 Å². The van der Waals surface area contributed by atoms with Gasteiger partial charge >= 0.3 is 0 Å². The van der Waals surface area contributed by atoms with Gasteiger partial charge in [0.15, 0.2) is 5.82 Å². The zero-order chi connectivity index (χ0) is 9.90. The van der Waals surface area contributed by atoms with Crippen molar-refractivity contribution in [2.45, 2.75) is 19.4 Å². The predicted octanol–water partition coefficient (Wildman–Crippen LogP) is 0.765. The molecule has 72 valence electrons. The lowest BCUT2D eigenvalue weighted by molar-refractivity contribution is 0.569. The van der Waals surface area contributed by atoms with Crippen molar-refractivity contribution in [1.82, 2.24) is 9.97 Å². The molecule has 0 saturated carbocycles. The van der Waals surface area contributed by atoms with E-state index in [-0.39, 0.29) is 5.54 Å². The van der Waals surface area contributed by atoms with Gasteiger partial charge in [0.1, 0.15) is 0 Å². The zero-order valence-corrected chi connectivity index (χ0v) is 7.71. The molecule has 1 heterocycles. The Kier molecular flexibility index (Phi) is 2.77. The number of halogens is 1. The van der Waals surface area contributed by atoms with Crippen LogP contribution in [0, 0.1) is 5.82 Å². The molecule has 0 aliphatic heterocycles. The lowest BCUT2D eigenvalue weighted by Crippen LogP contribution is -2.39. The Morgan fingerprint density at radius 2 is 2.00 bits per heavy atom. The van der Waals surface area contributed by atoms with Crippen molar-refractivity contribution in [3.05, 3.63) is 18.2 Å². The molecule has 0 bridgehead atoms. The van der Waals surface area contributed by atoms with Gasteiger partial charge in [-0.15, -0.1) is 0 Å². The first kappa shape index (κ1) is 9.85. The minimum atomic E-state index is -0.448. The molecule has 13 heavy (non-hydrogen) atoms. The first-order chi connectivity index (χ1) is 6.03. The molecule has 0 fully saturated rings. The molecular weight excluding hydrogens is 171 g/mol. The van der Waals surface area contributed by atoms with Crippen LogP contribution in [-0.4, -0.2) is 22.1 Å². The van der Waals surface area contributed by atoms with E-state index in [4.69, 9.17) is 5.73 Å². The summed E-state index contributed by atoms with van der Waals surface area (Å²) in [6, 6.07) is 0. The number of aromatic nitrogens is 2. The Morgan fingerprint density at radius 1 is 1.46 bits per heavy atom. The van der Waals surface area contributed by atoms with E-state index in [1.165, 1.54) is 0 Å². The first-order valence-corrected chi connectivity index (χ1v) is 3.99. The van der Waals surface area contributed by atoms with E-state index in [0.717, 1.165) is 12.4 Å². The van der Waals surface area contributed by atoms with Gasteiger partial charge in [-0.1, -0.05) is 0 Å². The topological polar surface area (TPSA) is 63.8 Å². The molecule has 1 aromatic rings. The maximum Gasteiger partial charge on any atom is 0.223 e. The average Bonchev–Trinajstić information content (AvgIpc) is 2.09. The summed E-state index contributed by atoms with van der Waals surface area (Å²) in [7, 11) is 0. The summed E-state index contributed by atoms with van der Waals surface area (Å²) < 4.78 is 12.4. The largest absolute Gasteiger partial charge is 0.348 e. The maximum atomic E-state index is 12.4. The van der Waals surface area contributed by atoms with Crippen LogP contribution in [0.1, 0.15) is 13.8 Å². The van der Waals surface area contributed by atoms with E-state index < -0.39 is 5.82 Å². The predicted molar refractivity (Wildman–Crippen MR) is 48.7 cm³/mol. The quantitative estimate of drug-likeness (QED) is 0.728. The molecule has 0 spiro atoms. The Hall–Kier alpha value is -1.23. The molecule has 1 aromatic heterocycles. The molecule has 0 aromatic carbocycles. The highest BCUT2D eigenvalue weighted by atomic mass is 19.1. The number of nitrogens with zero attached hydrogens (tertiary/aromatic N) is 2. The second-order valence-electron chi connectivity index (χ2n) is 3.44. The van der Waals surface area contributed by atoms with Crippen molar-refractivity contribution in [1.29, 1.82) is 0 Å². The highest BCUT2D eigenvalue weighted by molar-refractivity contribution is 5.27. The van der Waals surface area contributed by atoms with Gasteiger partial charge in [0, 0.05) is 12.1 Å². The standard InChI is InChI=1S/C8H13FN4/c1-8(2,5-10)13-7-11-3-6(9)4-12-7/h3-4H,5,10H2,1-2H3,(H,11,12,13). The fraction of sp³-hybridized carbons (Fsp3) is 0.500. The summed E-state index contributed by atoms with van der Waals surface area (Å²) >= 11 is 0. The third-order valence-electron chi connectivity index (χ3n) is 1.58. The Bertz CT molecular complexity index is 270. The molecule has 0 aliphatic rings. The van der Waals surface area contributed by atoms with E-state index >= 15 is 0 Å².